The van der Waals surface area contributed by atoms with Crippen molar-refractivity contribution in [1.29, 1.82) is 10.5 Å². The van der Waals surface area contributed by atoms with E-state index in [2.05, 4.69) is 32.4 Å². The molecule has 0 bridgehead atoms. The third-order valence-electron chi connectivity index (χ3n) is 4.04. The maximum atomic E-state index is 8.88. The number of nitrogens with two attached hydrogens (primary N) is 1. The molecule has 0 atom stereocenters. The first-order valence-corrected chi connectivity index (χ1v) is 8.44. The Morgan fingerprint density at radius 2 is 1.74 bits per heavy atom. The van der Waals surface area contributed by atoms with E-state index >= 15 is 0 Å². The molecule has 0 spiro atoms. The van der Waals surface area contributed by atoms with Crippen molar-refractivity contribution in [2.75, 3.05) is 29.0 Å². The highest BCUT2D eigenvalue weighted by Crippen LogP contribution is 2.31. The molecule has 27 heavy (non-hydrogen) atoms. The number of rotatable bonds is 7. The highest BCUT2D eigenvalue weighted by atomic mass is 15.2. The lowest BCUT2D eigenvalue weighted by Crippen LogP contribution is -2.27. The van der Waals surface area contributed by atoms with Crippen molar-refractivity contribution in [1.82, 2.24) is 15.0 Å². The Bertz CT molecular complexity index is 995. The monoisotopic (exact) mass is 358 g/mol. The number of nitrogens with zero attached hydrogens (tertiary/aromatic N) is 6. The smallest absolute Gasteiger partial charge is 0.159 e. The summed E-state index contributed by atoms with van der Waals surface area (Å²) in [6, 6.07) is 13.9. The number of fused-ring (bicyclic) bond motifs is 1. The van der Waals surface area contributed by atoms with Crippen LogP contribution in [-0.2, 0) is 0 Å². The zero-order chi connectivity index (χ0) is 19.1. The fourth-order valence-corrected chi connectivity index (χ4v) is 2.76. The van der Waals surface area contributed by atoms with E-state index in [9.17, 15) is 0 Å². The number of aromatic nitrogens is 3. The quantitative estimate of drug-likeness (QED) is 0.659. The Morgan fingerprint density at radius 3 is 2.48 bits per heavy atom. The standard InChI is InChI=1S/C19H18N8/c20-8-3-11-27(12-4-9-21)19-16(22)18(24-13-25-19)26-15-7-1-5-14-6-2-10-23-17(14)15/h1-2,5-7,10,13H,3-4,11-12,22H2,(H,24,25,26). The van der Waals surface area contributed by atoms with Gasteiger partial charge >= 0.3 is 0 Å². The molecule has 3 aromatic rings. The molecule has 2 aromatic heterocycles. The second-order valence-electron chi connectivity index (χ2n) is 5.77. The molecule has 0 saturated heterocycles. The van der Waals surface area contributed by atoms with Crippen molar-refractivity contribution in [3.63, 3.8) is 0 Å². The van der Waals surface area contributed by atoms with Gasteiger partial charge in [0, 0.05) is 24.7 Å². The van der Waals surface area contributed by atoms with Crippen molar-refractivity contribution in [3.8, 4) is 12.1 Å². The van der Waals surface area contributed by atoms with Gasteiger partial charge < -0.3 is 16.0 Å². The van der Waals surface area contributed by atoms with Gasteiger partial charge in [-0.05, 0) is 12.1 Å². The van der Waals surface area contributed by atoms with Gasteiger partial charge in [-0.3, -0.25) is 4.98 Å². The maximum absolute atomic E-state index is 8.88. The number of pyridine rings is 1. The van der Waals surface area contributed by atoms with Gasteiger partial charge in [0.1, 0.15) is 12.0 Å². The fourth-order valence-electron chi connectivity index (χ4n) is 2.76. The van der Waals surface area contributed by atoms with Gasteiger partial charge in [-0.15, -0.1) is 0 Å². The molecule has 3 rings (SSSR count). The molecule has 8 heteroatoms. The molecular formula is C19H18N8. The average molecular weight is 358 g/mol. The average Bonchev–Trinajstić information content (AvgIpc) is 2.70. The molecule has 0 aliphatic carbocycles. The summed E-state index contributed by atoms with van der Waals surface area (Å²) < 4.78 is 0. The first kappa shape index (κ1) is 17.9. The second-order valence-corrected chi connectivity index (χ2v) is 5.77. The predicted molar refractivity (Wildman–Crippen MR) is 104 cm³/mol. The topological polar surface area (TPSA) is 128 Å². The van der Waals surface area contributed by atoms with Crippen LogP contribution in [0, 0.1) is 22.7 Å². The summed E-state index contributed by atoms with van der Waals surface area (Å²) in [5.41, 5.74) is 8.26. The van der Waals surface area contributed by atoms with Crippen LogP contribution in [0.15, 0.2) is 42.9 Å². The Hall–Kier alpha value is -3.91. The van der Waals surface area contributed by atoms with E-state index in [0.717, 1.165) is 16.6 Å². The SMILES string of the molecule is N#CCCN(CCC#N)c1ncnc(Nc2cccc3cccnc23)c1N. The normalized spacial score (nSPS) is 10.1. The predicted octanol–water partition coefficient (Wildman–Crippen LogP) is 2.98. The van der Waals surface area contributed by atoms with E-state index in [1.807, 2.05) is 35.2 Å². The molecule has 0 fully saturated rings. The van der Waals surface area contributed by atoms with E-state index in [1.165, 1.54) is 6.33 Å². The Kier molecular flexibility index (Phi) is 5.60. The van der Waals surface area contributed by atoms with Crippen molar-refractivity contribution in [2.45, 2.75) is 12.8 Å². The number of anilines is 4. The number of nitriles is 2. The summed E-state index contributed by atoms with van der Waals surface area (Å²) in [5.74, 6) is 0.961. The van der Waals surface area contributed by atoms with E-state index in [-0.39, 0.29) is 0 Å². The minimum atomic E-state index is 0.310. The van der Waals surface area contributed by atoms with Crippen LogP contribution in [0.25, 0.3) is 10.9 Å². The number of nitrogens with one attached hydrogen (secondary N) is 1. The van der Waals surface area contributed by atoms with Gasteiger partial charge in [-0.25, -0.2) is 9.97 Å². The first-order chi connectivity index (χ1) is 13.2. The molecule has 8 nitrogen and oxygen atoms in total. The fraction of sp³-hybridized carbons (Fsp3) is 0.211. The maximum Gasteiger partial charge on any atom is 0.159 e. The lowest BCUT2D eigenvalue weighted by Gasteiger charge is -2.23. The highest BCUT2D eigenvalue weighted by Gasteiger charge is 2.16. The highest BCUT2D eigenvalue weighted by molar-refractivity contribution is 5.93. The van der Waals surface area contributed by atoms with Crippen LogP contribution < -0.4 is 16.0 Å². The van der Waals surface area contributed by atoms with Gasteiger partial charge in [0.15, 0.2) is 11.6 Å². The van der Waals surface area contributed by atoms with Crippen LogP contribution in [0.3, 0.4) is 0 Å². The van der Waals surface area contributed by atoms with E-state index < -0.39 is 0 Å². The third-order valence-corrected chi connectivity index (χ3v) is 4.04. The van der Waals surface area contributed by atoms with Crippen LogP contribution in [-0.4, -0.2) is 28.0 Å². The second kappa shape index (κ2) is 8.45. The van der Waals surface area contributed by atoms with E-state index in [1.54, 1.807) is 6.20 Å². The van der Waals surface area contributed by atoms with E-state index in [0.29, 0.717) is 43.3 Å². The molecule has 2 heterocycles. The van der Waals surface area contributed by atoms with Crippen LogP contribution in [0.4, 0.5) is 23.0 Å². The van der Waals surface area contributed by atoms with Crippen molar-refractivity contribution in [3.05, 3.63) is 42.9 Å². The molecule has 0 amide bonds. The zero-order valence-corrected chi connectivity index (χ0v) is 14.6. The van der Waals surface area contributed by atoms with Gasteiger partial charge in [0.25, 0.3) is 0 Å². The number of para-hydroxylation sites is 1. The van der Waals surface area contributed by atoms with Gasteiger partial charge in [-0.2, -0.15) is 10.5 Å². The van der Waals surface area contributed by atoms with E-state index in [4.69, 9.17) is 16.3 Å². The molecule has 0 aliphatic rings. The Morgan fingerprint density at radius 1 is 1.00 bits per heavy atom. The summed E-state index contributed by atoms with van der Waals surface area (Å²) >= 11 is 0. The minimum Gasteiger partial charge on any atom is -0.393 e. The summed E-state index contributed by atoms with van der Waals surface area (Å²) in [7, 11) is 0. The molecule has 0 unspecified atom stereocenters. The number of hydrogen-bond acceptors (Lipinski definition) is 8. The zero-order valence-electron chi connectivity index (χ0n) is 14.6. The van der Waals surface area contributed by atoms with Crippen molar-refractivity contribution >= 4 is 33.9 Å². The van der Waals surface area contributed by atoms with Gasteiger partial charge in [0.2, 0.25) is 0 Å². The Balaban J connectivity index is 1.94. The summed E-state index contributed by atoms with van der Waals surface area (Å²) in [5, 5.41) is 22.0. The number of hydrogen-bond donors (Lipinski definition) is 2. The molecule has 0 radical (unpaired) electrons. The largest absolute Gasteiger partial charge is 0.393 e. The summed E-state index contributed by atoms with van der Waals surface area (Å²) in [4.78, 5) is 14.8. The van der Waals surface area contributed by atoms with Gasteiger partial charge in [0.05, 0.1) is 36.2 Å². The molecule has 134 valence electrons. The summed E-state index contributed by atoms with van der Waals surface area (Å²) in [6.07, 6.45) is 3.77. The molecule has 0 saturated carbocycles. The molecule has 1 aromatic carbocycles. The Labute approximate surface area is 156 Å². The van der Waals surface area contributed by atoms with Crippen LogP contribution >= 0.6 is 0 Å². The van der Waals surface area contributed by atoms with Crippen molar-refractivity contribution in [2.24, 2.45) is 0 Å². The molecule has 3 N–H and O–H groups in total. The van der Waals surface area contributed by atoms with Crippen molar-refractivity contribution < 1.29 is 0 Å². The minimum absolute atomic E-state index is 0.310. The van der Waals surface area contributed by atoms with Crippen LogP contribution in [0.5, 0.6) is 0 Å². The third kappa shape index (κ3) is 4.02. The summed E-state index contributed by atoms with van der Waals surface area (Å²) in [6.45, 7) is 0.878. The molecule has 0 aliphatic heterocycles. The molecular weight excluding hydrogens is 340 g/mol. The van der Waals surface area contributed by atoms with Gasteiger partial charge in [-0.1, -0.05) is 18.2 Å². The first-order valence-electron chi connectivity index (χ1n) is 8.44. The van der Waals surface area contributed by atoms with Crippen LogP contribution in [0.1, 0.15) is 12.8 Å². The lowest BCUT2D eigenvalue weighted by molar-refractivity contribution is 0.782. The lowest BCUT2D eigenvalue weighted by atomic mass is 10.2. The number of nitrogen functional groups attached to an aromatic ring is 1. The van der Waals surface area contributed by atoms with Crippen LogP contribution in [0.2, 0.25) is 0 Å². The number of benzene rings is 1.